The molecule has 12 nitrogen and oxygen atoms in total. The van der Waals surface area contributed by atoms with Crippen molar-refractivity contribution in [3.63, 3.8) is 0 Å². The van der Waals surface area contributed by atoms with E-state index in [-0.39, 0.29) is 18.8 Å². The molecule has 0 aliphatic heterocycles. The predicted octanol–water partition coefficient (Wildman–Crippen LogP) is -0.257. The average molecular weight is 533 g/mol. The molecule has 0 saturated carbocycles. The SMILES string of the molecule is CC(C)[C@H](NC(=O)[C@H](Cc1c[nH]c2ccccc12)NC(=O)[C@@H](N)[C@@H](C)O)C(=O)N[C@@H](CCCCN)C(=O)O. The van der Waals surface area contributed by atoms with Gasteiger partial charge in [-0.05, 0) is 50.3 Å². The second-order valence-electron chi connectivity index (χ2n) is 9.81. The van der Waals surface area contributed by atoms with Gasteiger partial charge in [-0.3, -0.25) is 14.4 Å². The minimum absolute atomic E-state index is 0.0807. The maximum Gasteiger partial charge on any atom is 0.326 e. The van der Waals surface area contributed by atoms with Crippen LogP contribution in [-0.2, 0) is 25.6 Å². The zero-order valence-corrected chi connectivity index (χ0v) is 22.1. The number of hydrogen-bond acceptors (Lipinski definition) is 7. The molecular formula is C26H40N6O6. The van der Waals surface area contributed by atoms with Crippen molar-refractivity contribution in [3.05, 3.63) is 36.0 Å². The molecule has 5 atom stereocenters. The number of aliphatic hydroxyl groups is 1. The van der Waals surface area contributed by atoms with Gasteiger partial charge in [0.2, 0.25) is 17.7 Å². The van der Waals surface area contributed by atoms with Gasteiger partial charge in [0.15, 0.2) is 0 Å². The third kappa shape index (κ3) is 8.54. The Morgan fingerprint density at radius 1 is 0.947 bits per heavy atom. The van der Waals surface area contributed by atoms with Gasteiger partial charge in [0.05, 0.1) is 6.10 Å². The Kier molecular flexibility index (Phi) is 11.7. The van der Waals surface area contributed by atoms with E-state index in [9.17, 15) is 29.4 Å². The highest BCUT2D eigenvalue weighted by Gasteiger charge is 2.32. The van der Waals surface area contributed by atoms with E-state index in [0.717, 1.165) is 16.5 Å². The van der Waals surface area contributed by atoms with Crippen molar-refractivity contribution in [2.75, 3.05) is 6.54 Å². The molecule has 2 aromatic rings. The van der Waals surface area contributed by atoms with E-state index in [2.05, 4.69) is 20.9 Å². The van der Waals surface area contributed by atoms with E-state index in [1.807, 2.05) is 24.3 Å². The zero-order chi connectivity index (χ0) is 28.4. The van der Waals surface area contributed by atoms with Gasteiger partial charge >= 0.3 is 5.97 Å². The molecule has 1 aromatic heterocycles. The van der Waals surface area contributed by atoms with Gasteiger partial charge < -0.3 is 42.6 Å². The summed E-state index contributed by atoms with van der Waals surface area (Å²) in [6, 6.07) is 2.89. The molecule has 0 bridgehead atoms. The zero-order valence-electron chi connectivity index (χ0n) is 22.1. The number of aliphatic hydroxyl groups excluding tert-OH is 1. The van der Waals surface area contributed by atoms with Crippen molar-refractivity contribution in [1.82, 2.24) is 20.9 Å². The van der Waals surface area contributed by atoms with E-state index in [0.29, 0.717) is 19.4 Å². The number of nitrogens with two attached hydrogens (primary N) is 2. The number of para-hydroxylation sites is 1. The molecule has 2 rings (SSSR count). The van der Waals surface area contributed by atoms with Crippen LogP contribution in [-0.4, -0.2) is 75.7 Å². The van der Waals surface area contributed by atoms with Gasteiger partial charge in [-0.2, -0.15) is 0 Å². The summed E-state index contributed by atoms with van der Waals surface area (Å²) in [4.78, 5) is 53.9. The standard InChI is InChI=1S/C26H40N6O6/c1-14(2)22(25(36)30-19(26(37)38)10-6-7-11-27)32-23(34)20(31-24(35)21(28)15(3)33)12-16-13-29-18-9-5-4-8-17(16)18/h4-5,8-9,13-15,19-22,29,33H,6-7,10-12,27-28H2,1-3H3,(H,30,36)(H,31,35)(H,32,34)(H,37,38)/t15-,19+,20+,21+,22+/m1/s1. The number of aliphatic carboxylic acids is 1. The summed E-state index contributed by atoms with van der Waals surface area (Å²) in [6.45, 7) is 5.20. The lowest BCUT2D eigenvalue weighted by atomic mass is 9.99. The van der Waals surface area contributed by atoms with Crippen LogP contribution >= 0.6 is 0 Å². The lowest BCUT2D eigenvalue weighted by Crippen LogP contribution is -2.59. The highest BCUT2D eigenvalue weighted by Crippen LogP contribution is 2.19. The largest absolute Gasteiger partial charge is 0.480 e. The Hall–Kier alpha value is -3.48. The highest BCUT2D eigenvalue weighted by atomic mass is 16.4. The molecule has 0 aliphatic carbocycles. The molecule has 38 heavy (non-hydrogen) atoms. The molecule has 210 valence electrons. The first-order chi connectivity index (χ1) is 18.0. The first-order valence-electron chi connectivity index (χ1n) is 12.8. The fraction of sp³-hybridized carbons (Fsp3) is 0.538. The number of aromatic nitrogens is 1. The summed E-state index contributed by atoms with van der Waals surface area (Å²) in [6.07, 6.45) is 2.01. The van der Waals surface area contributed by atoms with Crippen molar-refractivity contribution in [2.45, 2.75) is 76.7 Å². The molecule has 1 heterocycles. The minimum Gasteiger partial charge on any atom is -0.480 e. The van der Waals surface area contributed by atoms with Crippen LogP contribution in [0, 0.1) is 5.92 Å². The quantitative estimate of drug-likeness (QED) is 0.143. The first kappa shape index (κ1) is 30.7. The van der Waals surface area contributed by atoms with Gasteiger partial charge in [0.1, 0.15) is 24.2 Å². The molecule has 1 aromatic carbocycles. The molecule has 0 spiro atoms. The molecule has 0 fully saturated rings. The lowest BCUT2D eigenvalue weighted by Gasteiger charge is -2.27. The number of nitrogens with one attached hydrogen (secondary N) is 4. The Morgan fingerprint density at radius 3 is 2.21 bits per heavy atom. The molecule has 0 aliphatic rings. The Morgan fingerprint density at radius 2 is 1.61 bits per heavy atom. The number of carboxylic acid groups (broad SMARTS) is 1. The minimum atomic E-state index is -1.26. The monoisotopic (exact) mass is 532 g/mol. The number of H-pyrrole nitrogens is 1. The summed E-state index contributed by atoms with van der Waals surface area (Å²) in [7, 11) is 0. The number of unbranched alkanes of at least 4 members (excludes halogenated alkanes) is 1. The van der Waals surface area contributed by atoms with Crippen molar-refractivity contribution in [1.29, 1.82) is 0 Å². The number of rotatable bonds is 15. The maximum absolute atomic E-state index is 13.4. The number of carbonyl (C=O) groups excluding carboxylic acids is 3. The number of aromatic amines is 1. The molecular weight excluding hydrogens is 492 g/mol. The summed E-state index contributed by atoms with van der Waals surface area (Å²) in [5.74, 6) is -3.59. The lowest BCUT2D eigenvalue weighted by molar-refractivity contribution is -0.142. The van der Waals surface area contributed by atoms with Gasteiger partial charge in [0, 0.05) is 23.5 Å². The normalized spacial score (nSPS) is 15.3. The second-order valence-corrected chi connectivity index (χ2v) is 9.81. The molecule has 12 heteroatoms. The van der Waals surface area contributed by atoms with Crippen molar-refractivity contribution >= 4 is 34.6 Å². The van der Waals surface area contributed by atoms with Crippen molar-refractivity contribution in [3.8, 4) is 0 Å². The molecule has 3 amide bonds. The number of fused-ring (bicyclic) bond motifs is 1. The van der Waals surface area contributed by atoms with E-state index in [1.54, 1.807) is 20.0 Å². The molecule has 0 radical (unpaired) electrons. The van der Waals surface area contributed by atoms with Gasteiger partial charge in [-0.1, -0.05) is 32.0 Å². The number of benzene rings is 1. The number of carbonyl (C=O) groups is 4. The van der Waals surface area contributed by atoms with Crippen LogP contribution in [0.3, 0.4) is 0 Å². The number of carboxylic acids is 1. The Labute approximate surface area is 221 Å². The van der Waals surface area contributed by atoms with Crippen LogP contribution in [0.2, 0.25) is 0 Å². The van der Waals surface area contributed by atoms with Crippen LogP contribution in [0.4, 0.5) is 0 Å². The summed E-state index contributed by atoms with van der Waals surface area (Å²) < 4.78 is 0. The van der Waals surface area contributed by atoms with Crippen LogP contribution < -0.4 is 27.4 Å². The predicted molar refractivity (Wildman–Crippen MR) is 143 cm³/mol. The molecule has 10 N–H and O–H groups in total. The number of hydrogen-bond donors (Lipinski definition) is 8. The third-order valence-corrected chi connectivity index (χ3v) is 6.36. The summed E-state index contributed by atoms with van der Waals surface area (Å²) in [5.41, 5.74) is 12.9. The average Bonchev–Trinajstić information content (AvgIpc) is 3.27. The van der Waals surface area contributed by atoms with Crippen LogP contribution in [0.15, 0.2) is 30.5 Å². The van der Waals surface area contributed by atoms with Crippen LogP contribution in [0.25, 0.3) is 10.9 Å². The smallest absolute Gasteiger partial charge is 0.326 e. The fourth-order valence-corrected chi connectivity index (χ4v) is 4.02. The van der Waals surface area contributed by atoms with Gasteiger partial charge in [-0.25, -0.2) is 4.79 Å². The van der Waals surface area contributed by atoms with E-state index in [1.165, 1.54) is 6.92 Å². The van der Waals surface area contributed by atoms with Crippen molar-refractivity contribution in [2.24, 2.45) is 17.4 Å². The fourth-order valence-electron chi connectivity index (χ4n) is 4.02. The van der Waals surface area contributed by atoms with Gasteiger partial charge in [-0.15, -0.1) is 0 Å². The molecule has 0 saturated heterocycles. The Balaban J connectivity index is 2.25. The highest BCUT2D eigenvalue weighted by molar-refractivity contribution is 5.95. The van der Waals surface area contributed by atoms with E-state index < -0.39 is 54.0 Å². The second kappa shape index (κ2) is 14.5. The summed E-state index contributed by atoms with van der Waals surface area (Å²) >= 11 is 0. The van der Waals surface area contributed by atoms with E-state index >= 15 is 0 Å². The van der Waals surface area contributed by atoms with Crippen molar-refractivity contribution < 1.29 is 29.4 Å². The molecule has 0 unspecified atom stereocenters. The van der Waals surface area contributed by atoms with Gasteiger partial charge in [0.25, 0.3) is 0 Å². The van der Waals surface area contributed by atoms with Crippen LogP contribution in [0.5, 0.6) is 0 Å². The third-order valence-electron chi connectivity index (χ3n) is 6.36. The maximum atomic E-state index is 13.4. The van der Waals surface area contributed by atoms with E-state index in [4.69, 9.17) is 11.5 Å². The Bertz CT molecular complexity index is 1100. The topological polar surface area (TPSA) is 213 Å². The summed E-state index contributed by atoms with van der Waals surface area (Å²) in [5, 5.41) is 27.9. The first-order valence-corrected chi connectivity index (χ1v) is 12.8. The van der Waals surface area contributed by atoms with Crippen LogP contribution in [0.1, 0.15) is 45.6 Å². The number of amides is 3.